The fourth-order valence-corrected chi connectivity index (χ4v) is 3.33. The van der Waals surface area contributed by atoms with Gasteiger partial charge in [-0.2, -0.15) is 5.10 Å². The number of carbonyl (C=O) groups excluding carboxylic acids is 1. The molecule has 1 amide bonds. The third-order valence-electron chi connectivity index (χ3n) is 4.47. The first-order valence-corrected chi connectivity index (χ1v) is 8.69. The molecule has 2 aromatic rings. The van der Waals surface area contributed by atoms with Crippen molar-refractivity contribution in [3.63, 3.8) is 0 Å². The van der Waals surface area contributed by atoms with Crippen LogP contribution in [-0.2, 0) is 9.53 Å². The molecular weight excluding hydrogens is 314 g/mol. The molecule has 5 heteroatoms. The predicted octanol–water partition coefficient (Wildman–Crippen LogP) is 3.14. The van der Waals surface area contributed by atoms with Gasteiger partial charge in [-0.25, -0.2) is 4.68 Å². The highest BCUT2D eigenvalue weighted by Gasteiger charge is 2.24. The molecule has 25 heavy (non-hydrogen) atoms. The van der Waals surface area contributed by atoms with E-state index >= 15 is 0 Å². The molecule has 1 fully saturated rings. The highest BCUT2D eigenvalue weighted by atomic mass is 16.5. The highest BCUT2D eigenvalue weighted by Crippen LogP contribution is 2.19. The number of amides is 1. The average molecular weight is 339 g/mol. The Bertz CT molecular complexity index is 770. The van der Waals surface area contributed by atoms with Gasteiger partial charge in [0.15, 0.2) is 0 Å². The van der Waals surface area contributed by atoms with Crippen LogP contribution in [-0.4, -0.2) is 45.9 Å². The SMILES string of the molecule is Cc1nn(-c2ccccc2)c(C)c1/C=C/C(=O)N1CC(C)OC(C)C1. The number of benzene rings is 1. The van der Waals surface area contributed by atoms with Crippen LogP contribution in [0.25, 0.3) is 11.8 Å². The average Bonchev–Trinajstić information content (AvgIpc) is 2.87. The molecule has 3 rings (SSSR count). The van der Waals surface area contributed by atoms with Crippen molar-refractivity contribution in [1.29, 1.82) is 0 Å². The van der Waals surface area contributed by atoms with Crippen molar-refractivity contribution in [3.8, 4) is 5.69 Å². The van der Waals surface area contributed by atoms with E-state index in [2.05, 4.69) is 5.10 Å². The number of aryl methyl sites for hydroxylation is 1. The summed E-state index contributed by atoms with van der Waals surface area (Å²) >= 11 is 0. The normalized spacial score (nSPS) is 21.0. The summed E-state index contributed by atoms with van der Waals surface area (Å²) in [7, 11) is 0. The minimum Gasteiger partial charge on any atom is -0.372 e. The van der Waals surface area contributed by atoms with Crippen LogP contribution in [0.3, 0.4) is 0 Å². The maximum absolute atomic E-state index is 12.5. The summed E-state index contributed by atoms with van der Waals surface area (Å²) in [6, 6.07) is 10.0. The second-order valence-corrected chi connectivity index (χ2v) is 6.67. The zero-order chi connectivity index (χ0) is 18.0. The zero-order valence-corrected chi connectivity index (χ0v) is 15.3. The summed E-state index contributed by atoms with van der Waals surface area (Å²) < 4.78 is 7.60. The molecule has 0 bridgehead atoms. The third kappa shape index (κ3) is 3.82. The Labute approximate surface area is 148 Å². The lowest BCUT2D eigenvalue weighted by Gasteiger charge is -2.34. The third-order valence-corrected chi connectivity index (χ3v) is 4.47. The summed E-state index contributed by atoms with van der Waals surface area (Å²) in [4.78, 5) is 14.4. The largest absolute Gasteiger partial charge is 0.372 e. The molecule has 0 aliphatic carbocycles. The van der Waals surface area contributed by atoms with Gasteiger partial charge in [0.2, 0.25) is 5.91 Å². The predicted molar refractivity (Wildman–Crippen MR) is 98.7 cm³/mol. The van der Waals surface area contributed by atoms with Crippen molar-refractivity contribution in [2.45, 2.75) is 39.9 Å². The van der Waals surface area contributed by atoms with E-state index in [1.165, 1.54) is 0 Å². The Morgan fingerprint density at radius 2 is 1.80 bits per heavy atom. The summed E-state index contributed by atoms with van der Waals surface area (Å²) in [5.41, 5.74) is 3.95. The minimum absolute atomic E-state index is 0.0215. The van der Waals surface area contributed by atoms with Crippen molar-refractivity contribution in [2.75, 3.05) is 13.1 Å². The quantitative estimate of drug-likeness (QED) is 0.807. The van der Waals surface area contributed by atoms with E-state index in [1.54, 1.807) is 6.08 Å². The summed E-state index contributed by atoms with van der Waals surface area (Å²) in [6.07, 6.45) is 3.68. The Kier molecular flexibility index (Phi) is 5.04. The van der Waals surface area contributed by atoms with Crippen LogP contribution in [0.15, 0.2) is 36.4 Å². The maximum atomic E-state index is 12.5. The Hall–Kier alpha value is -2.40. The van der Waals surface area contributed by atoms with Gasteiger partial charge in [0.05, 0.1) is 23.6 Å². The standard InChI is InChI=1S/C20H25N3O2/c1-14-12-22(13-15(2)25-14)20(24)11-10-19-16(3)21-23(17(19)4)18-8-6-5-7-9-18/h5-11,14-15H,12-13H2,1-4H3/b11-10+. The van der Waals surface area contributed by atoms with E-state index in [0.29, 0.717) is 13.1 Å². The molecule has 1 saturated heterocycles. The number of hydrogen-bond donors (Lipinski definition) is 0. The number of para-hydroxylation sites is 1. The lowest BCUT2D eigenvalue weighted by atomic mass is 10.1. The minimum atomic E-state index is 0.0215. The highest BCUT2D eigenvalue weighted by molar-refractivity contribution is 5.92. The molecule has 5 nitrogen and oxygen atoms in total. The summed E-state index contributed by atoms with van der Waals surface area (Å²) in [6.45, 7) is 9.25. The number of ether oxygens (including phenoxy) is 1. The molecule has 1 aliphatic rings. The molecule has 1 aromatic heterocycles. The van der Waals surface area contributed by atoms with E-state index in [-0.39, 0.29) is 18.1 Å². The van der Waals surface area contributed by atoms with E-state index < -0.39 is 0 Å². The second-order valence-electron chi connectivity index (χ2n) is 6.67. The van der Waals surface area contributed by atoms with Crippen LogP contribution >= 0.6 is 0 Å². The Morgan fingerprint density at radius 1 is 1.16 bits per heavy atom. The fraction of sp³-hybridized carbons (Fsp3) is 0.400. The van der Waals surface area contributed by atoms with Gasteiger partial charge in [-0.1, -0.05) is 18.2 Å². The summed E-state index contributed by atoms with van der Waals surface area (Å²) in [5, 5.41) is 4.62. The van der Waals surface area contributed by atoms with Gasteiger partial charge in [-0.05, 0) is 45.9 Å². The molecule has 2 atom stereocenters. The molecule has 1 aliphatic heterocycles. The molecule has 0 saturated carbocycles. The molecular formula is C20H25N3O2. The van der Waals surface area contributed by atoms with Gasteiger partial charge in [-0.15, -0.1) is 0 Å². The number of nitrogens with zero attached hydrogens (tertiary/aromatic N) is 3. The van der Waals surface area contributed by atoms with Gasteiger partial charge in [0.25, 0.3) is 0 Å². The number of morpholine rings is 1. The topological polar surface area (TPSA) is 47.4 Å². The van der Waals surface area contributed by atoms with Gasteiger partial charge >= 0.3 is 0 Å². The molecule has 2 unspecified atom stereocenters. The fourth-order valence-electron chi connectivity index (χ4n) is 3.33. The molecule has 1 aromatic carbocycles. The van der Waals surface area contributed by atoms with Gasteiger partial charge in [-0.3, -0.25) is 4.79 Å². The second kappa shape index (κ2) is 7.23. The molecule has 0 spiro atoms. The van der Waals surface area contributed by atoms with Crippen molar-refractivity contribution in [2.24, 2.45) is 0 Å². The van der Waals surface area contributed by atoms with Gasteiger partial charge in [0.1, 0.15) is 0 Å². The Morgan fingerprint density at radius 3 is 2.44 bits per heavy atom. The van der Waals surface area contributed by atoms with E-state index in [9.17, 15) is 4.79 Å². The lowest BCUT2D eigenvalue weighted by Crippen LogP contribution is -2.47. The maximum Gasteiger partial charge on any atom is 0.246 e. The molecule has 0 radical (unpaired) electrons. The van der Waals surface area contributed by atoms with Crippen molar-refractivity contribution in [1.82, 2.24) is 14.7 Å². The van der Waals surface area contributed by atoms with Crippen LogP contribution < -0.4 is 0 Å². The van der Waals surface area contributed by atoms with Crippen molar-refractivity contribution < 1.29 is 9.53 Å². The number of aromatic nitrogens is 2. The van der Waals surface area contributed by atoms with Crippen LogP contribution in [0.1, 0.15) is 30.8 Å². The summed E-state index contributed by atoms with van der Waals surface area (Å²) in [5.74, 6) is 0.0215. The molecule has 2 heterocycles. The monoisotopic (exact) mass is 339 g/mol. The van der Waals surface area contributed by atoms with Crippen LogP contribution in [0.4, 0.5) is 0 Å². The number of rotatable bonds is 3. The van der Waals surface area contributed by atoms with Crippen LogP contribution in [0, 0.1) is 13.8 Å². The Balaban J connectivity index is 1.80. The lowest BCUT2D eigenvalue weighted by molar-refractivity contribution is -0.137. The smallest absolute Gasteiger partial charge is 0.246 e. The first-order chi connectivity index (χ1) is 12.0. The van der Waals surface area contributed by atoms with Gasteiger partial charge < -0.3 is 9.64 Å². The molecule has 132 valence electrons. The zero-order valence-electron chi connectivity index (χ0n) is 15.3. The van der Waals surface area contributed by atoms with Crippen molar-refractivity contribution >= 4 is 12.0 Å². The van der Waals surface area contributed by atoms with E-state index in [4.69, 9.17) is 4.74 Å². The first-order valence-electron chi connectivity index (χ1n) is 8.69. The first kappa shape index (κ1) is 17.4. The number of hydrogen-bond acceptors (Lipinski definition) is 3. The van der Waals surface area contributed by atoms with Gasteiger partial charge in [0, 0.05) is 30.4 Å². The van der Waals surface area contributed by atoms with E-state index in [0.717, 1.165) is 22.6 Å². The van der Waals surface area contributed by atoms with Crippen LogP contribution in [0.2, 0.25) is 0 Å². The number of carbonyl (C=O) groups is 1. The van der Waals surface area contributed by atoms with Crippen LogP contribution in [0.5, 0.6) is 0 Å². The van der Waals surface area contributed by atoms with E-state index in [1.807, 2.05) is 73.7 Å². The molecule has 0 N–H and O–H groups in total. The van der Waals surface area contributed by atoms with Crippen molar-refractivity contribution in [3.05, 3.63) is 53.4 Å².